The number of rotatable bonds is 2. The van der Waals surface area contributed by atoms with E-state index in [2.05, 4.69) is 5.32 Å². The summed E-state index contributed by atoms with van der Waals surface area (Å²) in [5.74, 6) is -0.384. The van der Waals surface area contributed by atoms with Gasteiger partial charge in [-0.1, -0.05) is 6.07 Å². The highest BCUT2D eigenvalue weighted by Crippen LogP contribution is 2.29. The summed E-state index contributed by atoms with van der Waals surface area (Å²) in [6, 6.07) is 6.09. The first-order chi connectivity index (χ1) is 9.54. The summed E-state index contributed by atoms with van der Waals surface area (Å²) in [7, 11) is 1.84. The number of carbonyl (C=O) groups is 1. The molecule has 2 atom stereocenters. The fourth-order valence-corrected chi connectivity index (χ4v) is 3.44. The number of amides is 1. The number of nitrogens with one attached hydrogen (secondary N) is 1. The number of hydrogen-bond donors (Lipinski definition) is 1. The van der Waals surface area contributed by atoms with Crippen LogP contribution in [-0.2, 0) is 0 Å². The topological polar surface area (TPSA) is 32.3 Å². The number of hydrogen-bond acceptors (Lipinski definition) is 2. The van der Waals surface area contributed by atoms with Gasteiger partial charge in [-0.15, -0.1) is 12.4 Å². The second-order valence-corrected chi connectivity index (χ2v) is 6.14. The molecule has 5 heteroatoms. The van der Waals surface area contributed by atoms with Gasteiger partial charge in [0, 0.05) is 30.7 Å². The number of carbonyl (C=O) groups excluding carboxylic acids is 1. The second-order valence-electron chi connectivity index (χ2n) is 6.14. The lowest BCUT2D eigenvalue weighted by molar-refractivity contribution is 0.0681. The Kier molecular flexibility index (Phi) is 4.89. The van der Waals surface area contributed by atoms with Gasteiger partial charge in [-0.25, -0.2) is 4.39 Å². The molecule has 21 heavy (non-hydrogen) atoms. The smallest absolute Gasteiger partial charge is 0.253 e. The fraction of sp³-hybridized carbons (Fsp3) is 0.562. The molecule has 1 aromatic carbocycles. The molecule has 1 amide bonds. The van der Waals surface area contributed by atoms with E-state index in [0.717, 1.165) is 12.8 Å². The van der Waals surface area contributed by atoms with E-state index in [0.29, 0.717) is 23.2 Å². The molecule has 2 bridgehead atoms. The van der Waals surface area contributed by atoms with Crippen LogP contribution in [0.15, 0.2) is 18.2 Å². The van der Waals surface area contributed by atoms with E-state index in [1.807, 2.05) is 7.05 Å². The minimum Gasteiger partial charge on any atom is -0.339 e. The summed E-state index contributed by atoms with van der Waals surface area (Å²) in [5, 5.41) is 3.57. The molecule has 116 valence electrons. The Hall–Kier alpha value is -1.13. The first-order valence-corrected chi connectivity index (χ1v) is 7.34. The van der Waals surface area contributed by atoms with Crippen LogP contribution in [0, 0.1) is 12.7 Å². The summed E-state index contributed by atoms with van der Waals surface area (Å²) in [4.78, 5) is 14.3. The second kappa shape index (κ2) is 6.32. The standard InChI is InChI=1S/C16H21FN2O.ClH/c1-10-3-4-11(7-15(10)17)16(20)19(2)14-8-12-5-6-13(9-14)18-12;/h3-4,7,12-14,18H,5-6,8-9H2,1-2H3;1H. The Morgan fingerprint density at radius 3 is 2.48 bits per heavy atom. The summed E-state index contributed by atoms with van der Waals surface area (Å²) in [6.07, 6.45) is 4.44. The van der Waals surface area contributed by atoms with Gasteiger partial charge in [-0.3, -0.25) is 4.79 Å². The molecule has 3 rings (SSSR count). The number of fused-ring (bicyclic) bond motifs is 2. The van der Waals surface area contributed by atoms with Crippen molar-refractivity contribution in [3.8, 4) is 0 Å². The van der Waals surface area contributed by atoms with E-state index in [1.165, 1.54) is 18.9 Å². The van der Waals surface area contributed by atoms with Crippen LogP contribution in [0.4, 0.5) is 4.39 Å². The minimum absolute atomic E-state index is 0. The van der Waals surface area contributed by atoms with Crippen LogP contribution < -0.4 is 5.32 Å². The van der Waals surface area contributed by atoms with Crippen LogP contribution in [0.25, 0.3) is 0 Å². The first-order valence-electron chi connectivity index (χ1n) is 7.34. The SMILES string of the molecule is Cc1ccc(C(=O)N(C)C2CC3CCC(C2)N3)cc1F.Cl. The van der Waals surface area contributed by atoms with E-state index in [4.69, 9.17) is 0 Å². The Labute approximate surface area is 131 Å². The Bertz CT molecular complexity index is 525. The first kappa shape index (κ1) is 16.2. The van der Waals surface area contributed by atoms with Crippen LogP contribution >= 0.6 is 12.4 Å². The third-order valence-electron chi connectivity index (χ3n) is 4.74. The maximum absolute atomic E-state index is 13.6. The zero-order valence-corrected chi connectivity index (χ0v) is 13.3. The molecule has 2 heterocycles. The van der Waals surface area contributed by atoms with E-state index < -0.39 is 0 Å². The van der Waals surface area contributed by atoms with Crippen molar-refractivity contribution < 1.29 is 9.18 Å². The Morgan fingerprint density at radius 2 is 1.90 bits per heavy atom. The van der Waals surface area contributed by atoms with Crippen LogP contribution in [0.1, 0.15) is 41.6 Å². The monoisotopic (exact) mass is 312 g/mol. The quantitative estimate of drug-likeness (QED) is 0.910. The van der Waals surface area contributed by atoms with Gasteiger partial charge in [-0.05, 0) is 50.3 Å². The molecule has 1 N–H and O–H groups in total. The number of aryl methyl sites for hydroxylation is 1. The van der Waals surface area contributed by atoms with Crippen molar-refractivity contribution in [1.29, 1.82) is 0 Å². The molecule has 0 aliphatic carbocycles. The third-order valence-corrected chi connectivity index (χ3v) is 4.74. The lowest BCUT2D eigenvalue weighted by Gasteiger charge is -2.35. The average Bonchev–Trinajstić information content (AvgIpc) is 2.79. The molecular formula is C16H22ClFN2O. The molecule has 0 aromatic heterocycles. The van der Waals surface area contributed by atoms with Crippen LogP contribution in [-0.4, -0.2) is 36.0 Å². The van der Waals surface area contributed by atoms with Gasteiger partial charge in [0.15, 0.2) is 0 Å². The van der Waals surface area contributed by atoms with E-state index in [-0.39, 0.29) is 30.2 Å². The van der Waals surface area contributed by atoms with Gasteiger partial charge in [0.1, 0.15) is 5.82 Å². The maximum atomic E-state index is 13.6. The number of nitrogens with zero attached hydrogens (tertiary/aromatic N) is 1. The zero-order valence-electron chi connectivity index (χ0n) is 12.4. The molecule has 0 radical (unpaired) electrons. The Balaban J connectivity index is 0.00000161. The normalized spacial score (nSPS) is 27.1. The fourth-order valence-electron chi connectivity index (χ4n) is 3.44. The number of piperidine rings is 1. The van der Waals surface area contributed by atoms with E-state index in [1.54, 1.807) is 24.0 Å². The molecule has 3 nitrogen and oxygen atoms in total. The largest absolute Gasteiger partial charge is 0.339 e. The van der Waals surface area contributed by atoms with Gasteiger partial charge in [0.05, 0.1) is 0 Å². The summed E-state index contributed by atoms with van der Waals surface area (Å²) in [5.41, 5.74) is 1.02. The molecule has 1 aromatic rings. The van der Waals surface area contributed by atoms with Crippen LogP contribution in [0.3, 0.4) is 0 Å². The van der Waals surface area contributed by atoms with Gasteiger partial charge >= 0.3 is 0 Å². The molecule has 2 saturated heterocycles. The van der Waals surface area contributed by atoms with E-state index >= 15 is 0 Å². The van der Waals surface area contributed by atoms with Crippen molar-refractivity contribution in [2.45, 2.75) is 50.7 Å². The highest BCUT2D eigenvalue weighted by Gasteiger charge is 2.36. The van der Waals surface area contributed by atoms with Crippen LogP contribution in [0.5, 0.6) is 0 Å². The van der Waals surface area contributed by atoms with Crippen molar-refractivity contribution in [3.63, 3.8) is 0 Å². The van der Waals surface area contributed by atoms with Gasteiger partial charge in [0.25, 0.3) is 5.91 Å². The molecule has 2 aliphatic rings. The minimum atomic E-state index is -0.311. The van der Waals surface area contributed by atoms with Gasteiger partial charge in [-0.2, -0.15) is 0 Å². The number of halogens is 2. The molecule has 2 aliphatic heterocycles. The zero-order chi connectivity index (χ0) is 14.3. The molecular weight excluding hydrogens is 291 g/mol. The Morgan fingerprint density at radius 1 is 1.29 bits per heavy atom. The maximum Gasteiger partial charge on any atom is 0.253 e. The average molecular weight is 313 g/mol. The summed E-state index contributed by atoms with van der Waals surface area (Å²) in [6.45, 7) is 1.71. The lowest BCUT2D eigenvalue weighted by Crippen LogP contribution is -2.48. The predicted octanol–water partition coefficient (Wildman–Crippen LogP) is 2.91. The molecule has 0 saturated carbocycles. The van der Waals surface area contributed by atoms with Crippen molar-refractivity contribution in [1.82, 2.24) is 10.2 Å². The predicted molar refractivity (Wildman–Crippen MR) is 83.4 cm³/mol. The van der Waals surface area contributed by atoms with Crippen molar-refractivity contribution in [3.05, 3.63) is 35.1 Å². The van der Waals surface area contributed by atoms with E-state index in [9.17, 15) is 9.18 Å². The highest BCUT2D eigenvalue weighted by molar-refractivity contribution is 5.94. The van der Waals surface area contributed by atoms with Crippen LogP contribution in [0.2, 0.25) is 0 Å². The van der Waals surface area contributed by atoms with Gasteiger partial charge in [0.2, 0.25) is 0 Å². The highest BCUT2D eigenvalue weighted by atomic mass is 35.5. The molecule has 2 fully saturated rings. The molecule has 0 spiro atoms. The number of benzene rings is 1. The third kappa shape index (κ3) is 3.22. The lowest BCUT2D eigenvalue weighted by atomic mass is 9.98. The van der Waals surface area contributed by atoms with Crippen molar-refractivity contribution in [2.24, 2.45) is 0 Å². The summed E-state index contributed by atoms with van der Waals surface area (Å²) < 4.78 is 13.6. The molecule has 2 unspecified atom stereocenters. The summed E-state index contributed by atoms with van der Waals surface area (Å²) >= 11 is 0. The van der Waals surface area contributed by atoms with Crippen molar-refractivity contribution in [2.75, 3.05) is 7.05 Å². The van der Waals surface area contributed by atoms with Gasteiger partial charge < -0.3 is 10.2 Å². The van der Waals surface area contributed by atoms with Crippen molar-refractivity contribution >= 4 is 18.3 Å².